The summed E-state index contributed by atoms with van der Waals surface area (Å²) < 4.78 is 10.4. The molecule has 0 heterocycles. The lowest BCUT2D eigenvalue weighted by atomic mass is 10.1. The fourth-order valence-corrected chi connectivity index (χ4v) is 2.53. The number of carbonyl (C=O) groups is 1. The number of hydrogen-bond acceptors (Lipinski definition) is 4. The minimum atomic E-state index is -0.176. The summed E-state index contributed by atoms with van der Waals surface area (Å²) in [5.74, 6) is 0.777. The molecule has 0 bridgehead atoms. The first kappa shape index (κ1) is 18.1. The van der Waals surface area contributed by atoms with Gasteiger partial charge in [0.05, 0.1) is 31.5 Å². The van der Waals surface area contributed by atoms with Crippen molar-refractivity contribution in [1.82, 2.24) is 5.32 Å². The van der Waals surface area contributed by atoms with Gasteiger partial charge in [0.15, 0.2) is 0 Å². The van der Waals surface area contributed by atoms with Crippen molar-refractivity contribution < 1.29 is 14.3 Å². The number of nitrogens with one attached hydrogen (secondary N) is 2. The second kappa shape index (κ2) is 8.57. The van der Waals surface area contributed by atoms with Crippen molar-refractivity contribution in [3.63, 3.8) is 0 Å². The van der Waals surface area contributed by atoms with Gasteiger partial charge >= 0.3 is 0 Å². The summed E-state index contributed by atoms with van der Waals surface area (Å²) in [6, 6.07) is 11.4. The van der Waals surface area contributed by atoms with E-state index in [0.29, 0.717) is 28.8 Å². The molecule has 0 aromatic heterocycles. The van der Waals surface area contributed by atoms with Gasteiger partial charge in [0.2, 0.25) is 5.91 Å². The molecule has 0 saturated carbocycles. The Hall–Kier alpha value is -2.24. The van der Waals surface area contributed by atoms with E-state index in [0.717, 1.165) is 5.56 Å². The predicted octanol–water partition coefficient (Wildman–Crippen LogP) is 3.39. The number of anilines is 1. The Bertz CT molecular complexity index is 719. The molecule has 0 aliphatic carbocycles. The average molecular weight is 349 g/mol. The zero-order chi connectivity index (χ0) is 17.5. The van der Waals surface area contributed by atoms with Crippen LogP contribution in [0.4, 0.5) is 5.69 Å². The largest absolute Gasteiger partial charge is 0.495 e. The van der Waals surface area contributed by atoms with Crippen LogP contribution in [0.15, 0.2) is 36.4 Å². The van der Waals surface area contributed by atoms with Crippen molar-refractivity contribution in [2.45, 2.75) is 13.5 Å². The molecule has 24 heavy (non-hydrogen) atoms. The third-order valence-electron chi connectivity index (χ3n) is 3.45. The van der Waals surface area contributed by atoms with E-state index in [1.807, 2.05) is 25.1 Å². The summed E-state index contributed by atoms with van der Waals surface area (Å²) in [6.45, 7) is 2.84. The van der Waals surface area contributed by atoms with Crippen LogP contribution in [0.2, 0.25) is 5.02 Å². The summed E-state index contributed by atoms with van der Waals surface area (Å²) in [4.78, 5) is 12.1. The number of halogens is 1. The number of carbonyl (C=O) groups excluding carboxylic acids is 1. The van der Waals surface area contributed by atoms with Gasteiger partial charge in [0.25, 0.3) is 0 Å². The maximum atomic E-state index is 12.1. The lowest BCUT2D eigenvalue weighted by molar-refractivity contribution is -0.115. The Labute approximate surface area is 146 Å². The van der Waals surface area contributed by atoms with E-state index >= 15 is 0 Å². The van der Waals surface area contributed by atoms with Crippen LogP contribution in [0.1, 0.15) is 11.1 Å². The molecule has 0 aliphatic heterocycles. The van der Waals surface area contributed by atoms with Gasteiger partial charge in [-0.2, -0.15) is 0 Å². The predicted molar refractivity (Wildman–Crippen MR) is 96.1 cm³/mol. The molecule has 0 atom stereocenters. The van der Waals surface area contributed by atoms with Crippen molar-refractivity contribution in [3.05, 3.63) is 52.5 Å². The molecule has 0 unspecified atom stereocenters. The fraction of sp³-hybridized carbons (Fsp3) is 0.278. The molecule has 0 radical (unpaired) electrons. The van der Waals surface area contributed by atoms with Crippen LogP contribution in [-0.2, 0) is 11.3 Å². The quantitative estimate of drug-likeness (QED) is 0.805. The van der Waals surface area contributed by atoms with E-state index < -0.39 is 0 Å². The lowest BCUT2D eigenvalue weighted by Crippen LogP contribution is -2.27. The highest BCUT2D eigenvalue weighted by atomic mass is 35.5. The zero-order valence-corrected chi connectivity index (χ0v) is 14.7. The minimum absolute atomic E-state index is 0.176. The molecule has 0 spiro atoms. The van der Waals surface area contributed by atoms with Crippen LogP contribution in [-0.4, -0.2) is 26.7 Å². The summed E-state index contributed by atoms with van der Waals surface area (Å²) in [6.07, 6.45) is 0. The Morgan fingerprint density at radius 3 is 2.54 bits per heavy atom. The zero-order valence-electron chi connectivity index (χ0n) is 14.0. The highest BCUT2D eigenvalue weighted by molar-refractivity contribution is 6.32. The van der Waals surface area contributed by atoms with E-state index in [1.54, 1.807) is 12.1 Å². The number of hydrogen-bond donors (Lipinski definition) is 2. The van der Waals surface area contributed by atoms with E-state index in [-0.39, 0.29) is 12.5 Å². The number of benzene rings is 2. The van der Waals surface area contributed by atoms with Crippen molar-refractivity contribution in [2.24, 2.45) is 0 Å². The molecule has 1 amide bonds. The maximum Gasteiger partial charge on any atom is 0.238 e. The molecule has 0 aliphatic rings. The monoisotopic (exact) mass is 348 g/mol. The van der Waals surface area contributed by atoms with Gasteiger partial charge in [-0.25, -0.2) is 0 Å². The van der Waals surface area contributed by atoms with Gasteiger partial charge in [-0.1, -0.05) is 41.4 Å². The Morgan fingerprint density at radius 1 is 1.12 bits per heavy atom. The first-order valence-electron chi connectivity index (χ1n) is 7.51. The van der Waals surface area contributed by atoms with Gasteiger partial charge in [0, 0.05) is 18.7 Å². The molecular formula is C18H21ClN2O3. The van der Waals surface area contributed by atoms with E-state index in [4.69, 9.17) is 21.1 Å². The third kappa shape index (κ3) is 4.88. The molecule has 0 saturated heterocycles. The molecule has 2 N–H and O–H groups in total. The Kier molecular flexibility index (Phi) is 6.46. The molecule has 2 aromatic carbocycles. The van der Waals surface area contributed by atoms with E-state index in [2.05, 4.69) is 16.7 Å². The average Bonchev–Trinajstić information content (AvgIpc) is 2.56. The van der Waals surface area contributed by atoms with Crippen LogP contribution in [0.5, 0.6) is 11.5 Å². The molecule has 2 aromatic rings. The molecule has 128 valence electrons. The molecule has 6 heteroatoms. The number of aryl methyl sites for hydroxylation is 1. The number of methoxy groups -OCH3 is 2. The van der Waals surface area contributed by atoms with Crippen LogP contribution in [0.25, 0.3) is 0 Å². The van der Waals surface area contributed by atoms with Crippen LogP contribution in [0, 0.1) is 6.92 Å². The topological polar surface area (TPSA) is 59.6 Å². The normalized spacial score (nSPS) is 10.3. The first-order chi connectivity index (χ1) is 11.5. The summed E-state index contributed by atoms with van der Waals surface area (Å²) in [7, 11) is 3.03. The second-order valence-electron chi connectivity index (χ2n) is 5.33. The number of amides is 1. The maximum absolute atomic E-state index is 12.1. The second-order valence-corrected chi connectivity index (χ2v) is 5.74. The summed E-state index contributed by atoms with van der Waals surface area (Å²) in [5, 5.41) is 6.33. The van der Waals surface area contributed by atoms with Gasteiger partial charge in [-0.3, -0.25) is 4.79 Å². The highest BCUT2D eigenvalue weighted by Gasteiger charge is 2.12. The molecule has 5 nitrogen and oxygen atoms in total. The van der Waals surface area contributed by atoms with Crippen LogP contribution in [0.3, 0.4) is 0 Å². The van der Waals surface area contributed by atoms with Crippen LogP contribution < -0.4 is 20.1 Å². The van der Waals surface area contributed by atoms with Gasteiger partial charge in [-0.15, -0.1) is 0 Å². The van der Waals surface area contributed by atoms with E-state index in [1.165, 1.54) is 19.8 Å². The van der Waals surface area contributed by atoms with Crippen molar-refractivity contribution in [1.29, 1.82) is 0 Å². The lowest BCUT2D eigenvalue weighted by Gasteiger charge is -2.13. The van der Waals surface area contributed by atoms with Gasteiger partial charge in [-0.05, 0) is 12.5 Å². The van der Waals surface area contributed by atoms with E-state index in [9.17, 15) is 4.79 Å². The van der Waals surface area contributed by atoms with Crippen molar-refractivity contribution >= 4 is 23.2 Å². The fourth-order valence-electron chi connectivity index (χ4n) is 2.30. The first-order valence-corrected chi connectivity index (χ1v) is 7.89. The molecular weight excluding hydrogens is 328 g/mol. The molecule has 2 rings (SSSR count). The smallest absolute Gasteiger partial charge is 0.238 e. The molecule has 0 fully saturated rings. The highest BCUT2D eigenvalue weighted by Crippen LogP contribution is 2.35. The summed E-state index contributed by atoms with van der Waals surface area (Å²) in [5.41, 5.74) is 2.84. The minimum Gasteiger partial charge on any atom is -0.495 e. The van der Waals surface area contributed by atoms with Crippen molar-refractivity contribution in [3.8, 4) is 11.5 Å². The number of ether oxygens (including phenoxy) is 2. The SMILES string of the molecule is COc1cc(NC(=O)CNCc2cccc(C)c2)c(OC)cc1Cl. The standard InChI is InChI=1S/C18H21ClN2O3/c1-12-5-4-6-13(7-12)10-20-11-18(22)21-15-9-16(23-2)14(19)8-17(15)24-3/h4-9,20H,10-11H2,1-3H3,(H,21,22). The number of rotatable bonds is 7. The summed E-state index contributed by atoms with van der Waals surface area (Å²) >= 11 is 6.05. The Balaban J connectivity index is 1.94. The van der Waals surface area contributed by atoms with Gasteiger partial charge in [0.1, 0.15) is 11.5 Å². The van der Waals surface area contributed by atoms with Crippen LogP contribution >= 0.6 is 11.6 Å². The third-order valence-corrected chi connectivity index (χ3v) is 3.74. The van der Waals surface area contributed by atoms with Gasteiger partial charge < -0.3 is 20.1 Å². The Morgan fingerprint density at radius 2 is 1.88 bits per heavy atom. The van der Waals surface area contributed by atoms with Crippen molar-refractivity contribution in [2.75, 3.05) is 26.1 Å².